The lowest BCUT2D eigenvalue weighted by Gasteiger charge is -2.28. The van der Waals surface area contributed by atoms with E-state index in [0.717, 1.165) is 0 Å². The number of hydrogen-bond acceptors (Lipinski definition) is 4. The molecule has 0 spiro atoms. The summed E-state index contributed by atoms with van der Waals surface area (Å²) in [7, 11) is 0. The molecule has 0 aliphatic rings. The maximum atomic E-state index is 11.8. The molecule has 0 saturated carbocycles. The van der Waals surface area contributed by atoms with Gasteiger partial charge >= 0.3 is 11.9 Å². The molecular weight excluding hydrogens is 276 g/mol. The Morgan fingerprint density at radius 1 is 1.19 bits per heavy atom. The molecule has 0 rings (SSSR count). The monoisotopic (exact) mass is 294 g/mol. The second-order valence-electron chi connectivity index (χ2n) is 3.72. The van der Waals surface area contributed by atoms with E-state index in [-0.39, 0.29) is 12.3 Å². The van der Waals surface area contributed by atoms with E-state index >= 15 is 0 Å². The van der Waals surface area contributed by atoms with Crippen LogP contribution in [-0.4, -0.2) is 29.5 Å². The van der Waals surface area contributed by atoms with Gasteiger partial charge in [-0.3, -0.25) is 9.59 Å². The van der Waals surface area contributed by atoms with E-state index in [1.807, 2.05) is 13.8 Å². The van der Waals surface area contributed by atoms with Gasteiger partial charge in [0.1, 0.15) is 4.32 Å². The van der Waals surface area contributed by atoms with Crippen LogP contribution in [0.25, 0.3) is 0 Å². The summed E-state index contributed by atoms with van der Waals surface area (Å²) < 4.78 is 8.80. The van der Waals surface area contributed by atoms with Crippen molar-refractivity contribution in [3.8, 4) is 0 Å². The summed E-state index contributed by atoms with van der Waals surface area (Å²) in [4.78, 5) is 23.2. The summed E-state index contributed by atoms with van der Waals surface area (Å²) in [5.41, 5.74) is 0. The van der Waals surface area contributed by atoms with Gasteiger partial charge in [-0.1, -0.05) is 29.8 Å². The predicted octanol–water partition coefficient (Wildman–Crippen LogP) is 2.29. The van der Waals surface area contributed by atoms with E-state index < -0.39 is 16.3 Å². The van der Waals surface area contributed by atoms with Crippen molar-refractivity contribution in [3.05, 3.63) is 0 Å². The number of halogens is 1. The van der Waals surface area contributed by atoms with Crippen LogP contribution in [0.3, 0.4) is 0 Å². The first-order valence-corrected chi connectivity index (χ1v) is 6.19. The third-order valence-electron chi connectivity index (χ3n) is 2.24. The molecule has 0 aromatic heterocycles. The lowest BCUT2D eigenvalue weighted by atomic mass is 9.92. The van der Waals surface area contributed by atoms with E-state index in [9.17, 15) is 9.59 Å². The minimum Gasteiger partial charge on any atom is -0.466 e. The van der Waals surface area contributed by atoms with Crippen LogP contribution in [0.15, 0.2) is 0 Å². The Kier molecular flexibility index (Phi) is 6.64. The number of esters is 2. The Bertz CT molecular complexity index is 252. The third-order valence-corrected chi connectivity index (χ3v) is 3.76. The minimum absolute atomic E-state index is 0.0165. The quantitative estimate of drug-likeness (QED) is 0.557. The smallest absolute Gasteiger partial charge is 0.323 e. The molecule has 0 heterocycles. The summed E-state index contributed by atoms with van der Waals surface area (Å²) in [6.07, 6.45) is -0.0165. The van der Waals surface area contributed by atoms with Gasteiger partial charge in [0.2, 0.25) is 0 Å². The van der Waals surface area contributed by atoms with Crippen molar-refractivity contribution in [2.45, 2.75) is 38.4 Å². The second kappa shape index (κ2) is 6.89. The van der Waals surface area contributed by atoms with Crippen LogP contribution in [0.1, 0.15) is 34.1 Å². The van der Waals surface area contributed by atoms with Gasteiger partial charge in [0.15, 0.2) is 0 Å². The molecule has 94 valence electrons. The predicted molar refractivity (Wildman–Crippen MR) is 64.4 cm³/mol. The first kappa shape index (κ1) is 15.4. The van der Waals surface area contributed by atoms with Crippen molar-refractivity contribution < 1.29 is 19.1 Å². The molecule has 0 aliphatic heterocycles. The van der Waals surface area contributed by atoms with E-state index in [1.54, 1.807) is 13.8 Å². The maximum Gasteiger partial charge on any atom is 0.323 e. The number of hydrogen-bond donors (Lipinski definition) is 0. The van der Waals surface area contributed by atoms with Crippen LogP contribution in [0, 0.1) is 5.92 Å². The van der Waals surface area contributed by atoms with Crippen LogP contribution >= 0.6 is 15.9 Å². The van der Waals surface area contributed by atoms with Gasteiger partial charge < -0.3 is 9.47 Å². The van der Waals surface area contributed by atoms with Crippen molar-refractivity contribution in [1.29, 1.82) is 0 Å². The Hall–Kier alpha value is -0.580. The van der Waals surface area contributed by atoms with Gasteiger partial charge in [-0.15, -0.1) is 0 Å². The van der Waals surface area contributed by atoms with Gasteiger partial charge in [0, 0.05) is 0 Å². The van der Waals surface area contributed by atoms with E-state index in [2.05, 4.69) is 15.9 Å². The van der Waals surface area contributed by atoms with Crippen LogP contribution < -0.4 is 0 Å². The molecule has 0 radical (unpaired) electrons. The van der Waals surface area contributed by atoms with Gasteiger partial charge in [-0.25, -0.2) is 0 Å². The standard InChI is InChI=1S/C11H19BrO4/c1-5-15-9(13)7-11(12,8(3)4)10(14)16-6-2/h8H,5-7H2,1-4H3. The number of ether oxygens (including phenoxy) is 2. The van der Waals surface area contributed by atoms with Gasteiger partial charge in [0.05, 0.1) is 19.6 Å². The average Bonchev–Trinajstić information content (AvgIpc) is 2.17. The van der Waals surface area contributed by atoms with Crippen molar-refractivity contribution >= 4 is 27.9 Å². The molecule has 0 N–H and O–H groups in total. The molecule has 0 amide bonds. The molecule has 0 aliphatic carbocycles. The number of alkyl halides is 1. The first-order chi connectivity index (χ1) is 7.38. The Balaban J connectivity index is 4.69. The molecule has 0 bridgehead atoms. The highest BCUT2D eigenvalue weighted by atomic mass is 79.9. The Labute approximate surface area is 105 Å². The maximum absolute atomic E-state index is 11.8. The lowest BCUT2D eigenvalue weighted by molar-refractivity contribution is -0.153. The third kappa shape index (κ3) is 4.12. The van der Waals surface area contributed by atoms with Gasteiger partial charge in [0.25, 0.3) is 0 Å². The fourth-order valence-corrected chi connectivity index (χ4v) is 1.53. The fourth-order valence-electron chi connectivity index (χ4n) is 1.19. The van der Waals surface area contributed by atoms with Gasteiger partial charge in [-0.2, -0.15) is 0 Å². The molecule has 0 fully saturated rings. The molecule has 1 atom stereocenters. The van der Waals surface area contributed by atoms with Crippen molar-refractivity contribution in [3.63, 3.8) is 0 Å². The minimum atomic E-state index is -0.991. The van der Waals surface area contributed by atoms with E-state index in [4.69, 9.17) is 9.47 Å². The Morgan fingerprint density at radius 3 is 2.06 bits per heavy atom. The second-order valence-corrected chi connectivity index (χ2v) is 5.13. The summed E-state index contributed by atoms with van der Waals surface area (Å²) >= 11 is 3.31. The molecule has 0 aromatic carbocycles. The number of carbonyl (C=O) groups excluding carboxylic acids is 2. The highest BCUT2D eigenvalue weighted by molar-refractivity contribution is 9.10. The summed E-state index contributed by atoms with van der Waals surface area (Å²) in [6.45, 7) is 7.77. The highest BCUT2D eigenvalue weighted by Crippen LogP contribution is 2.33. The zero-order chi connectivity index (χ0) is 12.8. The molecule has 16 heavy (non-hydrogen) atoms. The van der Waals surface area contributed by atoms with Crippen molar-refractivity contribution in [2.24, 2.45) is 5.92 Å². The summed E-state index contributed by atoms with van der Waals surface area (Å²) in [5.74, 6) is -0.880. The molecule has 4 nitrogen and oxygen atoms in total. The van der Waals surface area contributed by atoms with Crippen LogP contribution in [0.2, 0.25) is 0 Å². The largest absolute Gasteiger partial charge is 0.466 e. The van der Waals surface area contributed by atoms with Gasteiger partial charge in [-0.05, 0) is 19.8 Å². The van der Waals surface area contributed by atoms with Crippen LogP contribution in [-0.2, 0) is 19.1 Å². The average molecular weight is 295 g/mol. The molecule has 1 unspecified atom stereocenters. The topological polar surface area (TPSA) is 52.6 Å². The normalized spacial score (nSPS) is 14.4. The Morgan fingerprint density at radius 2 is 1.69 bits per heavy atom. The summed E-state index contributed by atoms with van der Waals surface area (Å²) in [5, 5.41) is 0. The SMILES string of the molecule is CCOC(=O)CC(Br)(C(=O)OCC)C(C)C. The molecule has 0 saturated heterocycles. The number of carbonyl (C=O) groups is 2. The van der Waals surface area contributed by atoms with E-state index in [0.29, 0.717) is 13.2 Å². The number of rotatable bonds is 6. The molecular formula is C11H19BrO4. The van der Waals surface area contributed by atoms with Crippen LogP contribution in [0.5, 0.6) is 0 Å². The lowest BCUT2D eigenvalue weighted by Crippen LogP contribution is -2.41. The molecule has 0 aromatic rings. The zero-order valence-electron chi connectivity index (χ0n) is 10.2. The van der Waals surface area contributed by atoms with Crippen molar-refractivity contribution in [1.82, 2.24) is 0 Å². The summed E-state index contributed by atoms with van der Waals surface area (Å²) in [6, 6.07) is 0. The highest BCUT2D eigenvalue weighted by Gasteiger charge is 2.42. The molecule has 5 heteroatoms. The fraction of sp³-hybridized carbons (Fsp3) is 0.818. The van der Waals surface area contributed by atoms with E-state index in [1.165, 1.54) is 0 Å². The zero-order valence-corrected chi connectivity index (χ0v) is 11.8. The first-order valence-electron chi connectivity index (χ1n) is 5.40. The van der Waals surface area contributed by atoms with Crippen molar-refractivity contribution in [2.75, 3.05) is 13.2 Å². The van der Waals surface area contributed by atoms with Crippen LogP contribution in [0.4, 0.5) is 0 Å².